The van der Waals surface area contributed by atoms with Crippen LogP contribution in [0.2, 0.25) is 0 Å². The Bertz CT molecular complexity index is 992. The van der Waals surface area contributed by atoms with Crippen LogP contribution in [0.1, 0.15) is 29.3 Å². The molecule has 2 amide bonds. The number of amides is 2. The molecule has 3 aromatic rings. The fraction of sp³-hybridized carbons (Fsp3) is 0.286. The van der Waals surface area contributed by atoms with E-state index in [0.29, 0.717) is 30.2 Å². The Morgan fingerprint density at radius 1 is 1.14 bits per heavy atom. The molecule has 0 bridgehead atoms. The van der Waals surface area contributed by atoms with E-state index in [1.807, 2.05) is 0 Å². The molecule has 1 aliphatic rings. The zero-order valence-corrected chi connectivity index (χ0v) is 16.5. The van der Waals surface area contributed by atoms with Gasteiger partial charge in [-0.15, -0.1) is 10.2 Å². The number of aromatic nitrogens is 2. The summed E-state index contributed by atoms with van der Waals surface area (Å²) in [6, 6.07) is 12.4. The summed E-state index contributed by atoms with van der Waals surface area (Å²) in [5.41, 5.74) is 1.29. The van der Waals surface area contributed by atoms with E-state index in [2.05, 4.69) is 15.5 Å². The normalized spacial score (nSPS) is 16.6. The number of rotatable bonds is 4. The van der Waals surface area contributed by atoms with Crippen molar-refractivity contribution in [2.24, 2.45) is 0 Å². The average molecular weight is 414 g/mol. The van der Waals surface area contributed by atoms with Gasteiger partial charge in [-0.25, -0.2) is 13.6 Å². The van der Waals surface area contributed by atoms with E-state index in [9.17, 15) is 13.6 Å². The van der Waals surface area contributed by atoms with Crippen LogP contribution >= 0.6 is 11.3 Å². The second kappa shape index (κ2) is 8.65. The number of urea groups is 1. The maximum absolute atomic E-state index is 14.0. The molecule has 1 saturated heterocycles. The van der Waals surface area contributed by atoms with Crippen LogP contribution in [-0.2, 0) is 6.54 Å². The van der Waals surface area contributed by atoms with Gasteiger partial charge in [0.05, 0.1) is 0 Å². The minimum absolute atomic E-state index is 0.0818. The summed E-state index contributed by atoms with van der Waals surface area (Å²) in [5.74, 6) is -0.537. The lowest BCUT2D eigenvalue weighted by atomic mass is 9.99. The summed E-state index contributed by atoms with van der Waals surface area (Å²) in [6.45, 7) is 1.56. The number of hydrogen-bond donors (Lipinski definition) is 1. The standard InChI is InChI=1S/C21H20F2N4OS/c22-16-9-7-14(8-10-16)12-24-21(28)27-11-3-4-15(13-27)19-25-26-20(29-19)17-5-1-2-6-18(17)23/h1-2,5-10,15H,3-4,11-13H2,(H,24,28). The molecule has 1 aliphatic heterocycles. The molecule has 29 heavy (non-hydrogen) atoms. The lowest BCUT2D eigenvalue weighted by Gasteiger charge is -2.31. The van der Waals surface area contributed by atoms with Crippen molar-refractivity contribution in [2.75, 3.05) is 13.1 Å². The summed E-state index contributed by atoms with van der Waals surface area (Å²) in [4.78, 5) is 14.3. The molecule has 2 heterocycles. The number of likely N-dealkylation sites (tertiary alicyclic amines) is 1. The molecule has 0 radical (unpaired) electrons. The van der Waals surface area contributed by atoms with E-state index in [-0.39, 0.29) is 23.6 Å². The fourth-order valence-corrected chi connectivity index (χ4v) is 4.39. The van der Waals surface area contributed by atoms with Crippen molar-refractivity contribution < 1.29 is 13.6 Å². The van der Waals surface area contributed by atoms with Gasteiger partial charge in [-0.05, 0) is 42.7 Å². The van der Waals surface area contributed by atoms with Gasteiger partial charge >= 0.3 is 6.03 Å². The van der Waals surface area contributed by atoms with Gasteiger partial charge in [0.1, 0.15) is 16.6 Å². The van der Waals surface area contributed by atoms with Crippen LogP contribution in [0.25, 0.3) is 10.6 Å². The van der Waals surface area contributed by atoms with Crippen molar-refractivity contribution in [3.05, 3.63) is 70.7 Å². The van der Waals surface area contributed by atoms with E-state index in [1.165, 1.54) is 29.5 Å². The summed E-state index contributed by atoms with van der Waals surface area (Å²) in [6.07, 6.45) is 1.77. The van der Waals surface area contributed by atoms with Crippen molar-refractivity contribution >= 4 is 17.4 Å². The highest BCUT2D eigenvalue weighted by Gasteiger charge is 2.27. The number of piperidine rings is 1. The monoisotopic (exact) mass is 414 g/mol. The molecule has 1 unspecified atom stereocenters. The molecule has 1 atom stereocenters. The number of carbonyl (C=O) groups is 1. The van der Waals surface area contributed by atoms with E-state index in [0.717, 1.165) is 23.4 Å². The number of halogens is 2. The molecule has 4 rings (SSSR count). The average Bonchev–Trinajstić information content (AvgIpc) is 3.23. The first-order valence-corrected chi connectivity index (χ1v) is 10.3. The molecule has 2 aromatic carbocycles. The van der Waals surface area contributed by atoms with Gasteiger partial charge in [-0.3, -0.25) is 0 Å². The van der Waals surface area contributed by atoms with Crippen LogP contribution in [0.3, 0.4) is 0 Å². The molecule has 0 spiro atoms. The number of nitrogens with zero attached hydrogens (tertiary/aromatic N) is 3. The second-order valence-corrected chi connectivity index (χ2v) is 8.00. The van der Waals surface area contributed by atoms with Gasteiger partial charge in [0.25, 0.3) is 0 Å². The third-order valence-corrected chi connectivity index (χ3v) is 6.08. The van der Waals surface area contributed by atoms with Crippen molar-refractivity contribution in [3.63, 3.8) is 0 Å². The maximum Gasteiger partial charge on any atom is 0.317 e. The van der Waals surface area contributed by atoms with Gasteiger partial charge in [0, 0.05) is 31.1 Å². The van der Waals surface area contributed by atoms with Crippen molar-refractivity contribution in [1.82, 2.24) is 20.4 Å². The molecule has 0 saturated carbocycles. The molecule has 1 N–H and O–H groups in total. The zero-order valence-electron chi connectivity index (χ0n) is 15.6. The zero-order chi connectivity index (χ0) is 20.2. The molecule has 150 valence electrons. The molecular weight excluding hydrogens is 394 g/mol. The van der Waals surface area contributed by atoms with Gasteiger partial charge in [-0.2, -0.15) is 0 Å². The van der Waals surface area contributed by atoms with Crippen LogP contribution < -0.4 is 5.32 Å². The topological polar surface area (TPSA) is 58.1 Å². The highest BCUT2D eigenvalue weighted by Crippen LogP contribution is 2.33. The van der Waals surface area contributed by atoms with Gasteiger partial charge < -0.3 is 10.2 Å². The molecule has 0 aliphatic carbocycles. The quantitative estimate of drug-likeness (QED) is 0.680. The summed E-state index contributed by atoms with van der Waals surface area (Å²) in [5, 5.41) is 12.7. The number of hydrogen-bond acceptors (Lipinski definition) is 4. The van der Waals surface area contributed by atoms with Crippen LogP contribution in [0, 0.1) is 11.6 Å². The molecular formula is C21H20F2N4OS. The van der Waals surface area contributed by atoms with Crippen LogP contribution in [0.15, 0.2) is 48.5 Å². The maximum atomic E-state index is 14.0. The van der Waals surface area contributed by atoms with Gasteiger partial charge in [0.15, 0.2) is 5.01 Å². The fourth-order valence-electron chi connectivity index (χ4n) is 3.40. The Balaban J connectivity index is 1.39. The predicted molar refractivity (Wildman–Crippen MR) is 107 cm³/mol. The van der Waals surface area contributed by atoms with Gasteiger partial charge in [0.2, 0.25) is 0 Å². The Hall–Kier alpha value is -2.87. The Labute approximate surface area is 171 Å². The van der Waals surface area contributed by atoms with E-state index < -0.39 is 0 Å². The van der Waals surface area contributed by atoms with E-state index in [1.54, 1.807) is 35.2 Å². The summed E-state index contributed by atoms with van der Waals surface area (Å²) < 4.78 is 27.0. The van der Waals surface area contributed by atoms with Crippen LogP contribution in [0.4, 0.5) is 13.6 Å². The first kappa shape index (κ1) is 19.4. The van der Waals surface area contributed by atoms with Crippen molar-refractivity contribution in [1.29, 1.82) is 0 Å². The first-order valence-electron chi connectivity index (χ1n) is 9.45. The minimum Gasteiger partial charge on any atom is -0.334 e. The van der Waals surface area contributed by atoms with Crippen LogP contribution in [-0.4, -0.2) is 34.2 Å². The van der Waals surface area contributed by atoms with Gasteiger partial charge in [-0.1, -0.05) is 35.6 Å². The number of carbonyl (C=O) groups excluding carboxylic acids is 1. The second-order valence-electron chi connectivity index (χ2n) is 7.00. The predicted octanol–water partition coefficient (Wildman–Crippen LogP) is 4.57. The van der Waals surface area contributed by atoms with E-state index in [4.69, 9.17) is 0 Å². The largest absolute Gasteiger partial charge is 0.334 e. The highest BCUT2D eigenvalue weighted by atomic mass is 32.1. The Morgan fingerprint density at radius 2 is 1.93 bits per heavy atom. The van der Waals surface area contributed by atoms with Crippen molar-refractivity contribution in [2.45, 2.75) is 25.3 Å². The van der Waals surface area contributed by atoms with Crippen LogP contribution in [0.5, 0.6) is 0 Å². The molecule has 1 aromatic heterocycles. The lowest BCUT2D eigenvalue weighted by molar-refractivity contribution is 0.179. The summed E-state index contributed by atoms with van der Waals surface area (Å²) >= 11 is 1.38. The molecule has 1 fully saturated rings. The van der Waals surface area contributed by atoms with Crippen molar-refractivity contribution in [3.8, 4) is 10.6 Å². The third kappa shape index (κ3) is 4.59. The third-order valence-electron chi connectivity index (χ3n) is 4.96. The smallest absolute Gasteiger partial charge is 0.317 e. The lowest BCUT2D eigenvalue weighted by Crippen LogP contribution is -2.44. The highest BCUT2D eigenvalue weighted by molar-refractivity contribution is 7.14. The Kier molecular flexibility index (Phi) is 5.80. The number of nitrogens with one attached hydrogen (secondary N) is 1. The SMILES string of the molecule is O=C(NCc1ccc(F)cc1)N1CCCC(c2nnc(-c3ccccc3F)s2)C1. The first-order chi connectivity index (χ1) is 14.1. The Morgan fingerprint density at radius 3 is 2.72 bits per heavy atom. The van der Waals surface area contributed by atoms with E-state index >= 15 is 0 Å². The molecule has 5 nitrogen and oxygen atoms in total. The number of benzene rings is 2. The summed E-state index contributed by atoms with van der Waals surface area (Å²) in [7, 11) is 0. The molecule has 8 heteroatoms. The minimum atomic E-state index is -0.319.